The van der Waals surface area contributed by atoms with Gasteiger partial charge in [-0.3, -0.25) is 10.1 Å². The van der Waals surface area contributed by atoms with Gasteiger partial charge in [0, 0.05) is 6.07 Å². The summed E-state index contributed by atoms with van der Waals surface area (Å²) in [5, 5.41) is 11.8. The van der Waals surface area contributed by atoms with Crippen molar-refractivity contribution >= 4 is 23.6 Å². The van der Waals surface area contributed by atoms with Gasteiger partial charge in [0.25, 0.3) is 5.69 Å². The van der Waals surface area contributed by atoms with Gasteiger partial charge >= 0.3 is 18.4 Å². The molecule has 184 valence electrons. The molecule has 0 spiro atoms. The van der Waals surface area contributed by atoms with Crippen LogP contribution in [0.25, 0.3) is 11.1 Å². The van der Waals surface area contributed by atoms with E-state index in [1.165, 1.54) is 18.2 Å². The van der Waals surface area contributed by atoms with E-state index in [0.717, 1.165) is 24.3 Å². The molecular formula is C23H25F3N2O6. The summed E-state index contributed by atoms with van der Waals surface area (Å²) in [7, 11) is 0. The zero-order valence-electron chi connectivity index (χ0n) is 19.5. The molecule has 34 heavy (non-hydrogen) atoms. The van der Waals surface area contributed by atoms with Crippen molar-refractivity contribution in [2.45, 2.75) is 58.9 Å². The van der Waals surface area contributed by atoms with Crippen molar-refractivity contribution in [3.63, 3.8) is 0 Å². The lowest BCUT2D eigenvalue weighted by molar-refractivity contribution is -0.384. The number of anilines is 1. The van der Waals surface area contributed by atoms with Crippen molar-refractivity contribution in [1.82, 2.24) is 0 Å². The number of carbonyl (C=O) groups is 2. The van der Waals surface area contributed by atoms with Crippen LogP contribution in [0.15, 0.2) is 42.5 Å². The third-order valence-corrected chi connectivity index (χ3v) is 4.11. The van der Waals surface area contributed by atoms with E-state index in [-0.39, 0.29) is 11.1 Å². The number of alkyl halides is 3. The SMILES string of the molecule is CC(C)(C)OC(=O)N(C(=O)OC(C)(C)C)c1ccc(-c2ccc(C(F)(F)F)cc2)cc1[N+](=O)[O-]. The van der Waals surface area contributed by atoms with Gasteiger partial charge < -0.3 is 9.47 Å². The number of nitrogens with zero attached hydrogens (tertiary/aromatic N) is 2. The highest BCUT2D eigenvalue weighted by molar-refractivity contribution is 6.11. The molecule has 0 N–H and O–H groups in total. The molecule has 0 radical (unpaired) electrons. The van der Waals surface area contributed by atoms with E-state index in [9.17, 15) is 32.9 Å². The number of imide groups is 1. The summed E-state index contributed by atoms with van der Waals surface area (Å²) in [6.45, 7) is 9.34. The number of carbonyl (C=O) groups excluding carboxylic acids is 2. The molecule has 0 atom stereocenters. The fourth-order valence-corrected chi connectivity index (χ4v) is 2.78. The Morgan fingerprint density at radius 3 is 1.65 bits per heavy atom. The zero-order valence-corrected chi connectivity index (χ0v) is 19.5. The molecule has 0 bridgehead atoms. The monoisotopic (exact) mass is 482 g/mol. The summed E-state index contributed by atoms with van der Waals surface area (Å²) in [6.07, 6.45) is -6.91. The second-order valence-electron chi connectivity index (χ2n) is 9.33. The topological polar surface area (TPSA) is 99.0 Å². The van der Waals surface area contributed by atoms with Crippen LogP contribution in [0.1, 0.15) is 47.1 Å². The number of benzene rings is 2. The van der Waals surface area contributed by atoms with Gasteiger partial charge in [-0.25, -0.2) is 9.59 Å². The number of hydrogen-bond donors (Lipinski definition) is 0. The molecular weight excluding hydrogens is 457 g/mol. The third kappa shape index (κ3) is 6.93. The number of rotatable bonds is 3. The van der Waals surface area contributed by atoms with Gasteiger partial charge in [-0.15, -0.1) is 0 Å². The molecule has 0 aliphatic heterocycles. The van der Waals surface area contributed by atoms with Crippen molar-refractivity contribution in [2.75, 3.05) is 4.90 Å². The number of nitro groups is 1. The molecule has 0 saturated heterocycles. The van der Waals surface area contributed by atoms with Crippen molar-refractivity contribution in [1.29, 1.82) is 0 Å². The first-order valence-corrected chi connectivity index (χ1v) is 10.1. The first-order chi connectivity index (χ1) is 15.4. The van der Waals surface area contributed by atoms with E-state index < -0.39 is 51.4 Å². The molecule has 0 aromatic heterocycles. The van der Waals surface area contributed by atoms with Gasteiger partial charge in [-0.1, -0.05) is 18.2 Å². The highest BCUT2D eigenvalue weighted by atomic mass is 19.4. The maximum absolute atomic E-state index is 12.8. The molecule has 8 nitrogen and oxygen atoms in total. The Morgan fingerprint density at radius 2 is 1.26 bits per heavy atom. The van der Waals surface area contributed by atoms with Crippen LogP contribution in [-0.2, 0) is 15.7 Å². The summed E-state index contributed by atoms with van der Waals surface area (Å²) in [5.41, 5.74) is -3.50. The van der Waals surface area contributed by atoms with Gasteiger partial charge in [0.15, 0.2) is 0 Å². The Kier molecular flexibility index (Phi) is 7.29. The minimum atomic E-state index is -4.53. The lowest BCUT2D eigenvalue weighted by atomic mass is 10.0. The maximum Gasteiger partial charge on any atom is 0.424 e. The highest BCUT2D eigenvalue weighted by Crippen LogP contribution is 2.36. The van der Waals surface area contributed by atoms with Crippen LogP contribution in [0, 0.1) is 10.1 Å². The van der Waals surface area contributed by atoms with Crippen molar-refractivity contribution < 1.29 is 37.2 Å². The van der Waals surface area contributed by atoms with E-state index in [2.05, 4.69) is 0 Å². The second kappa shape index (κ2) is 9.32. The van der Waals surface area contributed by atoms with E-state index in [4.69, 9.17) is 9.47 Å². The van der Waals surface area contributed by atoms with E-state index in [0.29, 0.717) is 4.90 Å². The van der Waals surface area contributed by atoms with E-state index >= 15 is 0 Å². The Labute approximate surface area is 194 Å². The van der Waals surface area contributed by atoms with Gasteiger partial charge in [0.2, 0.25) is 0 Å². The van der Waals surface area contributed by atoms with Crippen molar-refractivity contribution in [2.24, 2.45) is 0 Å². The average Bonchev–Trinajstić information content (AvgIpc) is 2.64. The van der Waals surface area contributed by atoms with Crippen LogP contribution in [0.3, 0.4) is 0 Å². The summed E-state index contributed by atoms with van der Waals surface area (Å²) >= 11 is 0. The maximum atomic E-state index is 12.8. The molecule has 0 aliphatic rings. The second-order valence-corrected chi connectivity index (χ2v) is 9.33. The molecule has 0 aliphatic carbocycles. The average molecular weight is 482 g/mol. The zero-order chi connectivity index (χ0) is 26.1. The largest absolute Gasteiger partial charge is 0.443 e. The minimum Gasteiger partial charge on any atom is -0.443 e. The third-order valence-electron chi connectivity index (χ3n) is 4.11. The molecule has 2 amide bonds. The van der Waals surface area contributed by atoms with Crippen LogP contribution < -0.4 is 4.90 Å². The minimum absolute atomic E-state index is 0.206. The summed E-state index contributed by atoms with van der Waals surface area (Å²) in [4.78, 5) is 37.1. The van der Waals surface area contributed by atoms with Crippen LogP contribution >= 0.6 is 0 Å². The molecule has 2 aromatic carbocycles. The molecule has 11 heteroatoms. The Hall–Kier alpha value is -3.63. The molecule has 2 rings (SSSR count). The van der Waals surface area contributed by atoms with Crippen molar-refractivity contribution in [3.05, 3.63) is 58.1 Å². The fraction of sp³-hybridized carbons (Fsp3) is 0.391. The van der Waals surface area contributed by atoms with Gasteiger partial charge in [0.05, 0.1) is 10.5 Å². The lowest BCUT2D eigenvalue weighted by Gasteiger charge is -2.28. The molecule has 0 fully saturated rings. The quantitative estimate of drug-likeness (QED) is 0.346. The van der Waals surface area contributed by atoms with E-state index in [1.807, 2.05) is 0 Å². The Balaban J connectivity index is 2.59. The summed E-state index contributed by atoms with van der Waals surface area (Å²) < 4.78 is 49.0. The highest BCUT2D eigenvalue weighted by Gasteiger charge is 2.37. The van der Waals surface area contributed by atoms with Gasteiger partial charge in [0.1, 0.15) is 16.9 Å². The Morgan fingerprint density at radius 1 is 0.824 bits per heavy atom. The standard InChI is InChI=1S/C23H25F3N2O6/c1-21(2,3)33-19(29)27(20(30)34-22(4,5)6)17-12-9-15(13-18(17)28(31)32)14-7-10-16(11-8-14)23(24,25)26/h7-13H,1-6H3. The first-order valence-electron chi connectivity index (χ1n) is 10.1. The number of halogens is 3. The summed E-state index contributed by atoms with van der Waals surface area (Å²) in [5.74, 6) is 0. The number of ether oxygens (including phenoxy) is 2. The first kappa shape index (κ1) is 26.6. The molecule has 0 saturated carbocycles. The molecule has 0 unspecified atom stereocenters. The van der Waals surface area contributed by atoms with E-state index in [1.54, 1.807) is 41.5 Å². The smallest absolute Gasteiger partial charge is 0.424 e. The fourth-order valence-electron chi connectivity index (χ4n) is 2.78. The van der Waals surface area contributed by atoms with Crippen LogP contribution in [0.4, 0.5) is 34.1 Å². The number of nitro benzene ring substituents is 1. The number of amides is 2. The summed E-state index contributed by atoms with van der Waals surface area (Å²) in [6, 6.07) is 7.57. The van der Waals surface area contributed by atoms with Gasteiger partial charge in [-0.05, 0) is 70.9 Å². The Bertz CT molecular complexity index is 1060. The van der Waals surface area contributed by atoms with Crippen molar-refractivity contribution in [3.8, 4) is 11.1 Å². The predicted molar refractivity (Wildman–Crippen MR) is 118 cm³/mol. The van der Waals surface area contributed by atoms with Gasteiger partial charge in [-0.2, -0.15) is 18.1 Å². The number of hydrogen-bond acceptors (Lipinski definition) is 6. The predicted octanol–water partition coefficient (Wildman–Crippen LogP) is 6.96. The molecule has 0 heterocycles. The van der Waals surface area contributed by atoms with Crippen LogP contribution in [0.2, 0.25) is 0 Å². The van der Waals surface area contributed by atoms with Crippen LogP contribution in [-0.4, -0.2) is 28.3 Å². The lowest BCUT2D eigenvalue weighted by Crippen LogP contribution is -2.44. The molecule has 2 aromatic rings. The van der Waals surface area contributed by atoms with Crippen LogP contribution in [0.5, 0.6) is 0 Å². The normalized spacial score (nSPS) is 12.1.